The molecular formula is C26H35N5O5. The van der Waals surface area contributed by atoms with Gasteiger partial charge in [0.1, 0.15) is 6.04 Å². The average Bonchev–Trinajstić information content (AvgIpc) is 3.07. The average molecular weight is 498 g/mol. The standard InChI is InChI=1S/C26H35N5O5/c1-30(24(34)17-15-27-16-17)14-7-5-3-2-4-6-13-28-19-10-8-9-18-22(19)26(36)31(25(18)35)20-11-12-21(32)29-23(20)33/h8-10,17,20,27-28H,2-7,11-16H2,1H3,(H,29,32,33). The predicted octanol–water partition coefficient (Wildman–Crippen LogP) is 1.52. The number of nitrogens with one attached hydrogen (secondary N) is 3. The second kappa shape index (κ2) is 11.6. The Morgan fingerprint density at radius 3 is 2.44 bits per heavy atom. The lowest BCUT2D eigenvalue weighted by Crippen LogP contribution is -2.54. The zero-order valence-electron chi connectivity index (χ0n) is 20.8. The van der Waals surface area contributed by atoms with Crippen molar-refractivity contribution in [2.45, 2.75) is 57.4 Å². The van der Waals surface area contributed by atoms with Crippen molar-refractivity contribution in [3.05, 3.63) is 29.3 Å². The summed E-state index contributed by atoms with van der Waals surface area (Å²) in [5.74, 6) is -1.59. The molecule has 0 radical (unpaired) electrons. The number of benzene rings is 1. The number of anilines is 1. The predicted molar refractivity (Wildman–Crippen MR) is 133 cm³/mol. The van der Waals surface area contributed by atoms with Crippen LogP contribution in [0.5, 0.6) is 0 Å². The number of carbonyl (C=O) groups excluding carboxylic acids is 5. The summed E-state index contributed by atoms with van der Waals surface area (Å²) in [4.78, 5) is 64.7. The number of piperidine rings is 1. The van der Waals surface area contributed by atoms with Crippen molar-refractivity contribution in [2.75, 3.05) is 38.5 Å². The Bertz CT molecular complexity index is 1040. The fourth-order valence-electron chi connectivity index (χ4n) is 4.95. The van der Waals surface area contributed by atoms with Crippen LogP contribution in [-0.2, 0) is 14.4 Å². The molecule has 1 atom stereocenters. The van der Waals surface area contributed by atoms with Gasteiger partial charge in [0.2, 0.25) is 17.7 Å². The lowest BCUT2D eigenvalue weighted by Gasteiger charge is -2.30. The molecule has 0 bridgehead atoms. The van der Waals surface area contributed by atoms with Crippen LogP contribution in [0.25, 0.3) is 0 Å². The molecule has 3 heterocycles. The Labute approximate surface area is 211 Å². The first-order chi connectivity index (χ1) is 17.4. The van der Waals surface area contributed by atoms with Crippen molar-refractivity contribution in [3.63, 3.8) is 0 Å². The number of hydrogen-bond donors (Lipinski definition) is 3. The van der Waals surface area contributed by atoms with Gasteiger partial charge in [0.15, 0.2) is 0 Å². The van der Waals surface area contributed by atoms with Crippen LogP contribution < -0.4 is 16.0 Å². The minimum Gasteiger partial charge on any atom is -0.384 e. The van der Waals surface area contributed by atoms with E-state index in [9.17, 15) is 24.0 Å². The maximum Gasteiger partial charge on any atom is 0.264 e. The van der Waals surface area contributed by atoms with Gasteiger partial charge in [-0.1, -0.05) is 31.7 Å². The molecule has 3 aliphatic rings. The molecule has 5 amide bonds. The Hall–Kier alpha value is -3.27. The molecule has 4 rings (SSSR count). The van der Waals surface area contributed by atoms with Gasteiger partial charge < -0.3 is 15.5 Å². The van der Waals surface area contributed by atoms with E-state index in [0.29, 0.717) is 17.8 Å². The van der Waals surface area contributed by atoms with E-state index in [1.165, 1.54) is 0 Å². The Morgan fingerprint density at radius 2 is 1.75 bits per heavy atom. The topological polar surface area (TPSA) is 128 Å². The first-order valence-corrected chi connectivity index (χ1v) is 12.9. The number of unbranched alkanes of at least 4 members (excludes halogenated alkanes) is 5. The molecule has 0 saturated carbocycles. The summed E-state index contributed by atoms with van der Waals surface area (Å²) in [7, 11) is 1.88. The van der Waals surface area contributed by atoms with Gasteiger partial charge in [0.25, 0.3) is 11.8 Å². The van der Waals surface area contributed by atoms with E-state index in [-0.39, 0.29) is 36.1 Å². The quantitative estimate of drug-likeness (QED) is 0.295. The van der Waals surface area contributed by atoms with Crippen LogP contribution in [0.4, 0.5) is 5.69 Å². The number of fused-ring (bicyclic) bond motifs is 1. The van der Waals surface area contributed by atoms with Crippen molar-refractivity contribution < 1.29 is 24.0 Å². The smallest absolute Gasteiger partial charge is 0.264 e. The van der Waals surface area contributed by atoms with Crippen molar-refractivity contribution in [2.24, 2.45) is 5.92 Å². The highest BCUT2D eigenvalue weighted by atomic mass is 16.2. The summed E-state index contributed by atoms with van der Waals surface area (Å²) in [6, 6.07) is 4.13. The number of hydrogen-bond acceptors (Lipinski definition) is 7. The summed E-state index contributed by atoms with van der Waals surface area (Å²) in [5.41, 5.74) is 1.17. The normalized spacial score (nSPS) is 19.7. The Balaban J connectivity index is 1.17. The maximum atomic E-state index is 13.1. The van der Waals surface area contributed by atoms with E-state index in [0.717, 1.165) is 63.1 Å². The number of carbonyl (C=O) groups is 5. The Kier molecular flexibility index (Phi) is 8.35. The molecule has 36 heavy (non-hydrogen) atoms. The number of imide groups is 2. The number of amides is 5. The van der Waals surface area contributed by atoms with E-state index in [4.69, 9.17) is 0 Å². The Morgan fingerprint density at radius 1 is 1.03 bits per heavy atom. The number of nitrogens with zero attached hydrogens (tertiary/aromatic N) is 2. The third-order valence-electron chi connectivity index (χ3n) is 7.21. The SMILES string of the molecule is CN(CCCCCCCCNc1cccc2c1C(=O)N(C1CCC(=O)NC1=O)C2=O)C(=O)C1CNC1. The lowest BCUT2D eigenvalue weighted by molar-refractivity contribution is -0.137. The summed E-state index contributed by atoms with van der Waals surface area (Å²) in [6.45, 7) is 3.07. The van der Waals surface area contributed by atoms with Crippen LogP contribution in [0, 0.1) is 5.92 Å². The summed E-state index contributed by atoms with van der Waals surface area (Å²) < 4.78 is 0. The van der Waals surface area contributed by atoms with Crippen LogP contribution in [0.1, 0.15) is 72.1 Å². The number of rotatable bonds is 12. The molecule has 1 aromatic carbocycles. The zero-order valence-corrected chi connectivity index (χ0v) is 20.8. The monoisotopic (exact) mass is 497 g/mol. The molecule has 2 saturated heterocycles. The van der Waals surface area contributed by atoms with Crippen molar-refractivity contribution >= 4 is 35.2 Å². The molecule has 3 N–H and O–H groups in total. The van der Waals surface area contributed by atoms with E-state index in [2.05, 4.69) is 16.0 Å². The summed E-state index contributed by atoms with van der Waals surface area (Å²) in [5, 5.41) is 8.63. The highest BCUT2D eigenvalue weighted by Gasteiger charge is 2.45. The van der Waals surface area contributed by atoms with E-state index < -0.39 is 23.8 Å². The lowest BCUT2D eigenvalue weighted by atomic mass is 10.0. The first kappa shape index (κ1) is 25.8. The van der Waals surface area contributed by atoms with Crippen molar-refractivity contribution in [1.82, 2.24) is 20.4 Å². The molecular weight excluding hydrogens is 462 g/mol. The van der Waals surface area contributed by atoms with Gasteiger partial charge in [-0.25, -0.2) is 0 Å². The molecule has 10 heteroatoms. The first-order valence-electron chi connectivity index (χ1n) is 12.9. The summed E-state index contributed by atoms with van der Waals surface area (Å²) in [6.07, 6.45) is 6.52. The third-order valence-corrected chi connectivity index (χ3v) is 7.21. The largest absolute Gasteiger partial charge is 0.384 e. The van der Waals surface area contributed by atoms with Crippen LogP contribution in [0.15, 0.2) is 18.2 Å². The zero-order chi connectivity index (χ0) is 25.7. The molecule has 1 aromatic rings. The van der Waals surface area contributed by atoms with Gasteiger partial charge in [0.05, 0.1) is 17.0 Å². The molecule has 3 aliphatic heterocycles. The minimum atomic E-state index is -0.962. The molecule has 2 fully saturated rings. The molecule has 0 spiro atoms. The summed E-state index contributed by atoms with van der Waals surface area (Å²) >= 11 is 0. The van der Waals surface area contributed by atoms with Gasteiger partial charge in [-0.15, -0.1) is 0 Å². The minimum absolute atomic E-state index is 0.0991. The third kappa shape index (κ3) is 5.59. The highest BCUT2D eigenvalue weighted by molar-refractivity contribution is 6.25. The van der Waals surface area contributed by atoms with E-state index >= 15 is 0 Å². The van der Waals surface area contributed by atoms with Crippen LogP contribution in [0.2, 0.25) is 0 Å². The maximum absolute atomic E-state index is 13.1. The van der Waals surface area contributed by atoms with Crippen LogP contribution in [0.3, 0.4) is 0 Å². The van der Waals surface area contributed by atoms with Crippen LogP contribution >= 0.6 is 0 Å². The van der Waals surface area contributed by atoms with E-state index in [1.54, 1.807) is 18.2 Å². The fraction of sp³-hybridized carbons (Fsp3) is 0.577. The van der Waals surface area contributed by atoms with Gasteiger partial charge in [-0.3, -0.25) is 34.2 Å². The highest BCUT2D eigenvalue weighted by Crippen LogP contribution is 2.32. The second-order valence-electron chi connectivity index (χ2n) is 9.84. The fourth-order valence-corrected chi connectivity index (χ4v) is 4.95. The van der Waals surface area contributed by atoms with E-state index in [1.807, 2.05) is 11.9 Å². The van der Waals surface area contributed by atoms with Gasteiger partial charge >= 0.3 is 0 Å². The van der Waals surface area contributed by atoms with Gasteiger partial charge in [0, 0.05) is 45.3 Å². The molecule has 194 valence electrons. The molecule has 10 nitrogen and oxygen atoms in total. The molecule has 0 aliphatic carbocycles. The van der Waals surface area contributed by atoms with Crippen molar-refractivity contribution in [3.8, 4) is 0 Å². The van der Waals surface area contributed by atoms with Gasteiger partial charge in [-0.2, -0.15) is 0 Å². The molecule has 0 aromatic heterocycles. The molecule has 1 unspecified atom stereocenters. The van der Waals surface area contributed by atoms with Crippen LogP contribution in [-0.4, -0.2) is 78.6 Å². The second-order valence-corrected chi connectivity index (χ2v) is 9.84. The van der Waals surface area contributed by atoms with Gasteiger partial charge in [-0.05, 0) is 31.4 Å². The van der Waals surface area contributed by atoms with Crippen molar-refractivity contribution in [1.29, 1.82) is 0 Å².